The van der Waals surface area contributed by atoms with E-state index in [0.29, 0.717) is 6.61 Å². The number of hydrogen-bond donors (Lipinski definition) is 0. The van der Waals surface area contributed by atoms with Crippen LogP contribution in [0.15, 0.2) is 48.5 Å². The summed E-state index contributed by atoms with van der Waals surface area (Å²) in [7, 11) is 3.82. The monoisotopic (exact) mass is 334 g/mol. The molecule has 1 aromatic heterocycles. The Hall–Kier alpha value is -2.39. The molecule has 3 heteroatoms. The van der Waals surface area contributed by atoms with Crippen molar-refractivity contribution in [1.82, 2.24) is 9.55 Å². The lowest BCUT2D eigenvalue weighted by molar-refractivity contribution is 0.200. The highest BCUT2D eigenvalue weighted by Gasteiger charge is 2.13. The quantitative estimate of drug-likeness (QED) is 0.646. The Morgan fingerprint density at radius 1 is 1.00 bits per heavy atom. The summed E-state index contributed by atoms with van der Waals surface area (Å²) < 4.78 is 7.41. The molecule has 0 atom stereocenters. The molecule has 0 aliphatic carbocycles. The van der Waals surface area contributed by atoms with E-state index in [1.807, 2.05) is 0 Å². The van der Waals surface area contributed by atoms with E-state index in [0.717, 1.165) is 29.9 Å². The van der Waals surface area contributed by atoms with Gasteiger partial charge in [0.15, 0.2) is 0 Å². The van der Waals surface area contributed by atoms with Crippen molar-refractivity contribution in [2.45, 2.75) is 26.7 Å². The molecule has 0 aliphatic heterocycles. The van der Waals surface area contributed by atoms with Crippen LogP contribution >= 0.6 is 0 Å². The number of hydrogen-bond acceptors (Lipinski definition) is 2. The molecule has 3 nitrogen and oxygen atoms in total. The first-order chi connectivity index (χ1) is 12.1. The molecule has 0 spiro atoms. The van der Waals surface area contributed by atoms with Crippen molar-refractivity contribution < 1.29 is 4.74 Å². The molecule has 130 valence electrons. The molecule has 0 radical (unpaired) electrons. The van der Waals surface area contributed by atoms with Gasteiger partial charge in [0.25, 0.3) is 0 Å². The Kier molecular flexibility index (Phi) is 5.34. The Balaban J connectivity index is 1.96. The van der Waals surface area contributed by atoms with Gasteiger partial charge in [-0.05, 0) is 36.1 Å². The predicted molar refractivity (Wildman–Crippen MR) is 104 cm³/mol. The van der Waals surface area contributed by atoms with Crippen molar-refractivity contribution in [2.75, 3.05) is 13.7 Å². The SMILES string of the molecule is CCc1ccc(-c2cccc(-c3nc(C)c(CCOC)n3C)c2)cc1. The average molecular weight is 334 g/mol. The van der Waals surface area contributed by atoms with Gasteiger partial charge in [-0.15, -0.1) is 0 Å². The lowest BCUT2D eigenvalue weighted by Gasteiger charge is -2.08. The van der Waals surface area contributed by atoms with Gasteiger partial charge in [0, 0.05) is 31.8 Å². The first-order valence-corrected chi connectivity index (χ1v) is 8.85. The molecule has 2 aromatic carbocycles. The fourth-order valence-electron chi connectivity index (χ4n) is 3.25. The van der Waals surface area contributed by atoms with Gasteiger partial charge in [-0.25, -0.2) is 4.98 Å². The van der Waals surface area contributed by atoms with E-state index < -0.39 is 0 Å². The van der Waals surface area contributed by atoms with Crippen molar-refractivity contribution in [1.29, 1.82) is 0 Å². The zero-order valence-corrected chi connectivity index (χ0v) is 15.5. The predicted octanol–water partition coefficient (Wildman–Crippen LogP) is 4.81. The smallest absolute Gasteiger partial charge is 0.140 e. The zero-order valence-electron chi connectivity index (χ0n) is 15.5. The van der Waals surface area contributed by atoms with Gasteiger partial charge in [-0.2, -0.15) is 0 Å². The van der Waals surface area contributed by atoms with Crippen LogP contribution in [0.25, 0.3) is 22.5 Å². The first-order valence-electron chi connectivity index (χ1n) is 8.85. The Morgan fingerprint density at radius 2 is 1.72 bits per heavy atom. The molecule has 25 heavy (non-hydrogen) atoms. The van der Waals surface area contributed by atoms with E-state index in [2.05, 4.69) is 74.0 Å². The second kappa shape index (κ2) is 7.66. The summed E-state index contributed by atoms with van der Waals surface area (Å²) in [6.07, 6.45) is 1.95. The number of methoxy groups -OCH3 is 1. The van der Waals surface area contributed by atoms with Gasteiger partial charge in [-0.3, -0.25) is 0 Å². The number of benzene rings is 2. The second-order valence-electron chi connectivity index (χ2n) is 6.40. The fourth-order valence-corrected chi connectivity index (χ4v) is 3.25. The minimum Gasteiger partial charge on any atom is -0.384 e. The van der Waals surface area contributed by atoms with Gasteiger partial charge in [0.2, 0.25) is 0 Å². The Bertz CT molecular complexity index is 847. The van der Waals surface area contributed by atoms with Gasteiger partial charge in [0.05, 0.1) is 12.3 Å². The summed E-state index contributed by atoms with van der Waals surface area (Å²) in [6.45, 7) is 4.96. The van der Waals surface area contributed by atoms with Crippen LogP contribution in [0.5, 0.6) is 0 Å². The lowest BCUT2D eigenvalue weighted by Crippen LogP contribution is -2.03. The van der Waals surface area contributed by atoms with E-state index in [9.17, 15) is 0 Å². The maximum Gasteiger partial charge on any atom is 0.140 e. The molecule has 3 rings (SSSR count). The summed E-state index contributed by atoms with van der Waals surface area (Å²) in [5.41, 5.74) is 7.28. The Morgan fingerprint density at radius 3 is 2.40 bits per heavy atom. The molecule has 0 bridgehead atoms. The van der Waals surface area contributed by atoms with Crippen molar-refractivity contribution in [3.8, 4) is 22.5 Å². The molecule has 0 amide bonds. The zero-order chi connectivity index (χ0) is 17.8. The van der Waals surface area contributed by atoms with Crippen LogP contribution < -0.4 is 0 Å². The fraction of sp³-hybridized carbons (Fsp3) is 0.318. The van der Waals surface area contributed by atoms with Crippen molar-refractivity contribution in [3.05, 3.63) is 65.5 Å². The number of ether oxygens (including phenoxy) is 1. The van der Waals surface area contributed by atoms with E-state index >= 15 is 0 Å². The third kappa shape index (κ3) is 3.67. The van der Waals surface area contributed by atoms with Gasteiger partial charge in [0.1, 0.15) is 5.82 Å². The molecule has 0 saturated heterocycles. The highest BCUT2D eigenvalue weighted by Crippen LogP contribution is 2.27. The van der Waals surface area contributed by atoms with Crippen molar-refractivity contribution >= 4 is 0 Å². The lowest BCUT2D eigenvalue weighted by atomic mass is 10.0. The molecule has 0 fully saturated rings. The summed E-state index contributed by atoms with van der Waals surface area (Å²) in [6, 6.07) is 17.4. The van der Waals surface area contributed by atoms with E-state index in [-0.39, 0.29) is 0 Å². The molecule has 0 N–H and O–H groups in total. The summed E-state index contributed by atoms with van der Waals surface area (Å²) in [5.74, 6) is 1.01. The molecule has 1 heterocycles. The molecular formula is C22H26N2O. The highest BCUT2D eigenvalue weighted by molar-refractivity contribution is 5.70. The van der Waals surface area contributed by atoms with E-state index in [4.69, 9.17) is 9.72 Å². The minimum atomic E-state index is 0.712. The van der Waals surface area contributed by atoms with Crippen LogP contribution in [-0.2, 0) is 24.6 Å². The van der Waals surface area contributed by atoms with Gasteiger partial charge < -0.3 is 9.30 Å². The number of rotatable bonds is 6. The third-order valence-corrected chi connectivity index (χ3v) is 4.77. The van der Waals surface area contributed by atoms with Crippen LogP contribution in [0, 0.1) is 6.92 Å². The summed E-state index contributed by atoms with van der Waals surface area (Å²) >= 11 is 0. The van der Waals surface area contributed by atoms with Gasteiger partial charge >= 0.3 is 0 Å². The number of aromatic nitrogens is 2. The van der Waals surface area contributed by atoms with Crippen LogP contribution in [0.4, 0.5) is 0 Å². The average Bonchev–Trinajstić information content (AvgIpc) is 2.94. The summed E-state index contributed by atoms with van der Waals surface area (Å²) in [5, 5.41) is 0. The van der Waals surface area contributed by atoms with Crippen molar-refractivity contribution in [3.63, 3.8) is 0 Å². The first kappa shape index (κ1) is 17.4. The second-order valence-corrected chi connectivity index (χ2v) is 6.40. The largest absolute Gasteiger partial charge is 0.384 e. The molecule has 0 unspecified atom stereocenters. The number of aryl methyl sites for hydroxylation is 2. The normalized spacial score (nSPS) is 11.0. The van der Waals surface area contributed by atoms with Gasteiger partial charge in [-0.1, -0.05) is 49.4 Å². The summed E-state index contributed by atoms with van der Waals surface area (Å²) in [4.78, 5) is 4.80. The third-order valence-electron chi connectivity index (χ3n) is 4.77. The van der Waals surface area contributed by atoms with Crippen LogP contribution in [-0.4, -0.2) is 23.3 Å². The maximum atomic E-state index is 5.23. The highest BCUT2D eigenvalue weighted by atomic mass is 16.5. The standard InChI is InChI=1S/C22H26N2O/c1-5-17-9-11-18(12-10-17)19-7-6-8-20(15-19)22-23-16(2)21(24(22)3)13-14-25-4/h6-12,15H,5,13-14H2,1-4H3. The number of nitrogens with zero attached hydrogens (tertiary/aromatic N) is 2. The molecular weight excluding hydrogens is 308 g/mol. The van der Waals surface area contributed by atoms with Crippen LogP contribution in [0.2, 0.25) is 0 Å². The maximum absolute atomic E-state index is 5.23. The van der Waals surface area contributed by atoms with Crippen molar-refractivity contribution in [2.24, 2.45) is 7.05 Å². The Labute approximate surface area is 150 Å². The van der Waals surface area contributed by atoms with E-state index in [1.165, 1.54) is 22.4 Å². The van der Waals surface area contributed by atoms with Crippen LogP contribution in [0.1, 0.15) is 23.9 Å². The molecule has 3 aromatic rings. The van der Waals surface area contributed by atoms with Crippen LogP contribution in [0.3, 0.4) is 0 Å². The molecule has 0 aliphatic rings. The van der Waals surface area contributed by atoms with E-state index in [1.54, 1.807) is 7.11 Å². The molecule has 0 saturated carbocycles. The minimum absolute atomic E-state index is 0.712. The number of imidazole rings is 1. The topological polar surface area (TPSA) is 27.1 Å².